The van der Waals surface area contributed by atoms with Gasteiger partial charge in [0.1, 0.15) is 0 Å². The van der Waals surface area contributed by atoms with Crippen LogP contribution in [0.5, 0.6) is 0 Å². The number of aliphatic hydroxyl groups excluding tert-OH is 4. The molecule has 0 aliphatic heterocycles. The molecule has 0 heterocycles. The van der Waals surface area contributed by atoms with Gasteiger partial charge in [0.25, 0.3) is 0 Å². The quantitative estimate of drug-likeness (QED) is 0.127. The van der Waals surface area contributed by atoms with Gasteiger partial charge in [0.2, 0.25) is 0 Å². The van der Waals surface area contributed by atoms with Crippen molar-refractivity contribution in [1.29, 1.82) is 0 Å². The maximum atomic E-state index is 10.7. The first-order valence-electron chi connectivity index (χ1n) is 11.4. The Balaban J connectivity index is -0.000000712. The zero-order chi connectivity index (χ0) is 22.4. The van der Waals surface area contributed by atoms with Crippen LogP contribution in [0.4, 0.5) is 0 Å². The second kappa shape index (κ2) is 34.8. The van der Waals surface area contributed by atoms with E-state index in [2.05, 4.69) is 11.8 Å². The lowest BCUT2D eigenvalue weighted by Gasteiger charge is -2.03. The fourth-order valence-electron chi connectivity index (χ4n) is 2.69. The van der Waals surface area contributed by atoms with Crippen molar-refractivity contribution in [3.8, 4) is 0 Å². The molecule has 0 atom stereocenters. The van der Waals surface area contributed by atoms with E-state index in [0.29, 0.717) is 6.42 Å². The lowest BCUT2D eigenvalue weighted by Crippen LogP contribution is -1.99. The van der Waals surface area contributed by atoms with Crippen LogP contribution < -0.4 is 0 Å². The van der Waals surface area contributed by atoms with E-state index >= 15 is 0 Å². The topological polar surface area (TPSA) is 127 Å². The zero-order valence-corrected chi connectivity index (χ0v) is 18.7. The van der Waals surface area contributed by atoms with Gasteiger partial charge in [0, 0.05) is 6.42 Å². The van der Waals surface area contributed by atoms with Gasteiger partial charge in [-0.1, -0.05) is 96.8 Å². The first-order chi connectivity index (χ1) is 14.1. The van der Waals surface area contributed by atoms with Crippen LogP contribution in [-0.2, 0) is 9.68 Å². The lowest BCUT2D eigenvalue weighted by molar-refractivity contribution is -0.234. The van der Waals surface area contributed by atoms with E-state index in [1.807, 2.05) is 0 Å². The van der Waals surface area contributed by atoms with E-state index in [1.165, 1.54) is 83.5 Å². The van der Waals surface area contributed by atoms with Gasteiger partial charge < -0.3 is 25.3 Å². The van der Waals surface area contributed by atoms with Crippen LogP contribution in [-0.4, -0.2) is 58.1 Å². The Morgan fingerprint density at radius 2 is 0.828 bits per heavy atom. The Morgan fingerprint density at radius 1 is 0.552 bits per heavy atom. The molecule has 29 heavy (non-hydrogen) atoms. The minimum atomic E-state index is -0.510. The summed E-state index contributed by atoms with van der Waals surface area (Å²) in [6.45, 7) is 1.77. The fourth-order valence-corrected chi connectivity index (χ4v) is 2.69. The summed E-state index contributed by atoms with van der Waals surface area (Å²) in [5, 5.41) is 38.6. The fraction of sp³-hybridized carbons (Fsp3) is 0.955. The number of carbonyl (C=O) groups excluding carboxylic acids is 1. The molecule has 0 radical (unpaired) electrons. The summed E-state index contributed by atoms with van der Waals surface area (Å²) < 4.78 is 0. The Hall–Kier alpha value is -0.730. The Bertz CT molecular complexity index is 268. The van der Waals surface area contributed by atoms with Crippen LogP contribution in [0.2, 0.25) is 0 Å². The van der Waals surface area contributed by atoms with E-state index in [-0.39, 0.29) is 26.4 Å². The summed E-state index contributed by atoms with van der Waals surface area (Å²) in [6, 6.07) is 0. The van der Waals surface area contributed by atoms with Crippen molar-refractivity contribution in [1.82, 2.24) is 0 Å². The summed E-state index contributed by atoms with van der Waals surface area (Å²) in [5.74, 6) is -0.510. The van der Waals surface area contributed by atoms with Crippen molar-refractivity contribution < 1.29 is 35.4 Å². The molecule has 0 spiro atoms. The summed E-state index contributed by atoms with van der Waals surface area (Å²) in [5.41, 5.74) is 0. The van der Waals surface area contributed by atoms with E-state index in [9.17, 15) is 4.79 Å². The SMILES string of the molecule is CCCCCCCCCCCCCCCCCC(=O)OO.OCCO.OCCO. The number of carbonyl (C=O) groups is 1. The molecule has 0 saturated carbocycles. The molecular formula is C22H48O7. The Morgan fingerprint density at radius 3 is 1.07 bits per heavy atom. The minimum absolute atomic E-state index is 0.125. The standard InChI is InChI=1S/C18H36O3.2C2H6O2/c1-2-3-4-5-6-7-8-9-10-11-12-13-14-15-16-17-18(19)21-20;2*3-1-2-4/h20H,2-17H2,1H3;2*3-4H,1-2H2. The second-order valence-corrected chi connectivity index (χ2v) is 7.06. The number of hydrogen-bond donors (Lipinski definition) is 5. The van der Waals surface area contributed by atoms with Crippen molar-refractivity contribution in [2.75, 3.05) is 26.4 Å². The van der Waals surface area contributed by atoms with E-state index in [0.717, 1.165) is 12.8 Å². The van der Waals surface area contributed by atoms with Crippen LogP contribution in [0.25, 0.3) is 0 Å². The first kappa shape index (κ1) is 32.9. The Kier molecular flexibility index (Phi) is 39.5. The van der Waals surface area contributed by atoms with Gasteiger partial charge >= 0.3 is 5.97 Å². The van der Waals surface area contributed by atoms with E-state index in [1.54, 1.807) is 0 Å². The van der Waals surface area contributed by atoms with Crippen molar-refractivity contribution in [2.24, 2.45) is 0 Å². The van der Waals surface area contributed by atoms with Gasteiger partial charge in [-0.05, 0) is 6.42 Å². The van der Waals surface area contributed by atoms with Gasteiger partial charge in [-0.25, -0.2) is 4.79 Å². The smallest absolute Gasteiger partial charge is 0.342 e. The molecule has 7 nitrogen and oxygen atoms in total. The number of unbranched alkanes of at least 4 members (excludes halogenated alkanes) is 14. The molecule has 0 aliphatic carbocycles. The third-order valence-electron chi connectivity index (χ3n) is 4.29. The van der Waals surface area contributed by atoms with Crippen molar-refractivity contribution in [3.05, 3.63) is 0 Å². The van der Waals surface area contributed by atoms with Gasteiger partial charge in [-0.2, -0.15) is 5.26 Å². The van der Waals surface area contributed by atoms with Crippen molar-refractivity contribution >= 4 is 5.97 Å². The van der Waals surface area contributed by atoms with E-state index in [4.69, 9.17) is 25.7 Å². The van der Waals surface area contributed by atoms with Crippen LogP contribution in [0, 0.1) is 0 Å². The van der Waals surface area contributed by atoms with Crippen LogP contribution in [0.1, 0.15) is 110 Å². The zero-order valence-electron chi connectivity index (χ0n) is 18.7. The van der Waals surface area contributed by atoms with Gasteiger partial charge in [0.15, 0.2) is 0 Å². The molecule has 0 aliphatic rings. The first-order valence-corrected chi connectivity index (χ1v) is 11.4. The molecule has 0 saturated heterocycles. The highest BCUT2D eigenvalue weighted by molar-refractivity contribution is 5.68. The largest absolute Gasteiger partial charge is 0.394 e. The van der Waals surface area contributed by atoms with Gasteiger partial charge in [0.05, 0.1) is 26.4 Å². The summed E-state index contributed by atoms with van der Waals surface area (Å²) in [6.07, 6.45) is 20.0. The number of aliphatic hydroxyl groups is 4. The maximum absolute atomic E-state index is 10.7. The maximum Gasteiger partial charge on any atom is 0.342 e. The molecular weight excluding hydrogens is 376 g/mol. The van der Waals surface area contributed by atoms with Crippen LogP contribution >= 0.6 is 0 Å². The average molecular weight is 425 g/mol. The third-order valence-corrected chi connectivity index (χ3v) is 4.29. The predicted molar refractivity (Wildman–Crippen MR) is 117 cm³/mol. The Labute approximate surface area is 178 Å². The normalized spacial score (nSPS) is 9.86. The molecule has 0 aromatic carbocycles. The lowest BCUT2D eigenvalue weighted by atomic mass is 10.0. The van der Waals surface area contributed by atoms with Gasteiger partial charge in [-0.15, -0.1) is 0 Å². The molecule has 0 bridgehead atoms. The third kappa shape index (κ3) is 42.4. The highest BCUT2D eigenvalue weighted by atomic mass is 17.1. The molecule has 0 aromatic heterocycles. The molecule has 0 rings (SSSR count). The molecule has 0 aromatic rings. The number of hydrogen-bond acceptors (Lipinski definition) is 7. The monoisotopic (exact) mass is 424 g/mol. The minimum Gasteiger partial charge on any atom is -0.394 e. The summed E-state index contributed by atoms with van der Waals surface area (Å²) in [7, 11) is 0. The molecule has 7 heteroatoms. The molecule has 0 amide bonds. The molecule has 178 valence electrons. The highest BCUT2D eigenvalue weighted by Gasteiger charge is 2.00. The van der Waals surface area contributed by atoms with E-state index < -0.39 is 5.97 Å². The second-order valence-electron chi connectivity index (χ2n) is 7.06. The summed E-state index contributed by atoms with van der Waals surface area (Å²) in [4.78, 5) is 14.3. The number of rotatable bonds is 18. The molecule has 5 N–H and O–H groups in total. The van der Waals surface area contributed by atoms with Crippen molar-refractivity contribution in [2.45, 2.75) is 110 Å². The molecule has 0 unspecified atom stereocenters. The molecule has 0 fully saturated rings. The van der Waals surface area contributed by atoms with Crippen molar-refractivity contribution in [3.63, 3.8) is 0 Å². The highest BCUT2D eigenvalue weighted by Crippen LogP contribution is 2.13. The van der Waals surface area contributed by atoms with Crippen LogP contribution in [0.3, 0.4) is 0 Å². The average Bonchev–Trinajstić information content (AvgIpc) is 2.76. The summed E-state index contributed by atoms with van der Waals surface area (Å²) >= 11 is 0. The predicted octanol–water partition coefficient (Wildman–Crippen LogP) is 4.21. The van der Waals surface area contributed by atoms with Gasteiger partial charge in [-0.3, -0.25) is 0 Å². The van der Waals surface area contributed by atoms with Crippen LogP contribution in [0.15, 0.2) is 0 Å².